The SMILES string of the molecule is CNC1C=CN=C(C)/C1=C/NCc1cc(C)c(OCF)cn1. The summed E-state index contributed by atoms with van der Waals surface area (Å²) < 4.78 is 17.0. The van der Waals surface area contributed by atoms with Gasteiger partial charge in [-0.05, 0) is 38.6 Å². The second kappa shape index (κ2) is 7.70. The Bertz CT molecular complexity index is 610. The Hall–Kier alpha value is -2.21. The van der Waals surface area contributed by atoms with Gasteiger partial charge in [-0.1, -0.05) is 0 Å². The monoisotopic (exact) mass is 304 g/mol. The summed E-state index contributed by atoms with van der Waals surface area (Å²) in [5.41, 5.74) is 3.80. The first-order valence-corrected chi connectivity index (χ1v) is 7.12. The molecule has 0 saturated heterocycles. The zero-order valence-electron chi connectivity index (χ0n) is 13.1. The van der Waals surface area contributed by atoms with Crippen LogP contribution in [-0.2, 0) is 6.54 Å². The number of hydrogen-bond donors (Lipinski definition) is 2. The van der Waals surface area contributed by atoms with Crippen molar-refractivity contribution in [1.29, 1.82) is 0 Å². The van der Waals surface area contributed by atoms with Crippen molar-refractivity contribution in [1.82, 2.24) is 15.6 Å². The molecule has 22 heavy (non-hydrogen) atoms. The second-order valence-corrected chi connectivity index (χ2v) is 5.00. The van der Waals surface area contributed by atoms with E-state index in [0.29, 0.717) is 12.3 Å². The van der Waals surface area contributed by atoms with E-state index in [9.17, 15) is 4.39 Å². The van der Waals surface area contributed by atoms with Gasteiger partial charge in [0.05, 0.1) is 24.5 Å². The van der Waals surface area contributed by atoms with Gasteiger partial charge in [-0.2, -0.15) is 0 Å². The summed E-state index contributed by atoms with van der Waals surface area (Å²) in [6.45, 7) is 3.58. The number of rotatable bonds is 6. The average molecular weight is 304 g/mol. The molecule has 0 bridgehead atoms. The fourth-order valence-corrected chi connectivity index (χ4v) is 2.26. The molecule has 118 valence electrons. The van der Waals surface area contributed by atoms with Crippen LogP contribution in [0.1, 0.15) is 18.2 Å². The van der Waals surface area contributed by atoms with Gasteiger partial charge in [-0.3, -0.25) is 9.98 Å². The van der Waals surface area contributed by atoms with Crippen molar-refractivity contribution in [3.63, 3.8) is 0 Å². The number of hydrogen-bond acceptors (Lipinski definition) is 5. The highest BCUT2D eigenvalue weighted by Crippen LogP contribution is 2.17. The Morgan fingerprint density at radius 1 is 1.41 bits per heavy atom. The fourth-order valence-electron chi connectivity index (χ4n) is 2.26. The molecule has 2 rings (SSSR count). The smallest absolute Gasteiger partial charge is 0.228 e. The zero-order valence-corrected chi connectivity index (χ0v) is 13.1. The van der Waals surface area contributed by atoms with Crippen molar-refractivity contribution >= 4 is 5.71 Å². The van der Waals surface area contributed by atoms with Crippen LogP contribution >= 0.6 is 0 Å². The van der Waals surface area contributed by atoms with E-state index in [0.717, 1.165) is 22.5 Å². The number of aliphatic imine (C=N–C) groups is 1. The molecule has 0 radical (unpaired) electrons. The van der Waals surface area contributed by atoms with Crippen molar-refractivity contribution in [3.05, 3.63) is 47.6 Å². The predicted octanol–water partition coefficient (Wildman–Crippen LogP) is 2.25. The zero-order chi connectivity index (χ0) is 15.9. The van der Waals surface area contributed by atoms with E-state index in [1.807, 2.05) is 45.4 Å². The Morgan fingerprint density at radius 3 is 2.91 bits per heavy atom. The lowest BCUT2D eigenvalue weighted by Gasteiger charge is -2.19. The molecule has 0 aromatic carbocycles. The number of aryl methyl sites for hydroxylation is 1. The van der Waals surface area contributed by atoms with Gasteiger partial charge in [0.25, 0.3) is 0 Å². The molecule has 0 spiro atoms. The summed E-state index contributed by atoms with van der Waals surface area (Å²) in [5.74, 6) is 0.472. The summed E-state index contributed by atoms with van der Waals surface area (Å²) in [4.78, 5) is 8.56. The normalized spacial score (nSPS) is 19.2. The van der Waals surface area contributed by atoms with E-state index >= 15 is 0 Å². The van der Waals surface area contributed by atoms with Gasteiger partial charge in [-0.15, -0.1) is 0 Å². The maximum Gasteiger partial charge on any atom is 0.228 e. The highest BCUT2D eigenvalue weighted by molar-refractivity contribution is 6.00. The minimum absolute atomic E-state index is 0.153. The second-order valence-electron chi connectivity index (χ2n) is 5.00. The molecule has 0 fully saturated rings. The summed E-state index contributed by atoms with van der Waals surface area (Å²) >= 11 is 0. The van der Waals surface area contributed by atoms with Crippen molar-refractivity contribution in [2.45, 2.75) is 26.4 Å². The van der Waals surface area contributed by atoms with Crippen LogP contribution in [0, 0.1) is 6.92 Å². The molecule has 1 aromatic rings. The predicted molar refractivity (Wildman–Crippen MR) is 85.6 cm³/mol. The van der Waals surface area contributed by atoms with Crippen LogP contribution in [0.3, 0.4) is 0 Å². The third-order valence-corrected chi connectivity index (χ3v) is 3.48. The van der Waals surface area contributed by atoms with Gasteiger partial charge in [0.2, 0.25) is 6.86 Å². The molecule has 1 aliphatic heterocycles. The first-order chi connectivity index (χ1) is 10.7. The maximum atomic E-state index is 12.2. The lowest BCUT2D eigenvalue weighted by Crippen LogP contribution is -2.31. The highest BCUT2D eigenvalue weighted by atomic mass is 19.1. The van der Waals surface area contributed by atoms with Crippen molar-refractivity contribution in [2.24, 2.45) is 4.99 Å². The summed E-state index contributed by atoms with van der Waals surface area (Å²) in [6, 6.07) is 2.04. The van der Waals surface area contributed by atoms with Crippen LogP contribution in [0.4, 0.5) is 4.39 Å². The largest absolute Gasteiger partial charge is 0.461 e. The summed E-state index contributed by atoms with van der Waals surface area (Å²) in [5, 5.41) is 6.47. The van der Waals surface area contributed by atoms with Crippen molar-refractivity contribution in [3.8, 4) is 5.75 Å². The number of halogens is 1. The number of aromatic nitrogens is 1. The van der Waals surface area contributed by atoms with Crippen LogP contribution in [0.25, 0.3) is 0 Å². The van der Waals surface area contributed by atoms with Gasteiger partial charge in [0, 0.05) is 23.7 Å². The molecule has 1 unspecified atom stereocenters. The van der Waals surface area contributed by atoms with E-state index in [1.54, 1.807) is 6.20 Å². The maximum absolute atomic E-state index is 12.2. The molecule has 0 amide bonds. The summed E-state index contributed by atoms with van der Waals surface area (Å²) in [6.07, 6.45) is 7.31. The van der Waals surface area contributed by atoms with Crippen molar-refractivity contribution in [2.75, 3.05) is 13.9 Å². The number of pyridine rings is 1. The molecule has 6 heteroatoms. The lowest BCUT2D eigenvalue weighted by atomic mass is 10.0. The molecule has 2 N–H and O–H groups in total. The number of alkyl halides is 1. The van der Waals surface area contributed by atoms with Crippen LogP contribution in [-0.4, -0.2) is 30.6 Å². The molecule has 1 atom stereocenters. The molecular weight excluding hydrogens is 283 g/mol. The molecule has 1 aromatic heterocycles. The molecule has 2 heterocycles. The Morgan fingerprint density at radius 2 is 2.23 bits per heavy atom. The minimum Gasteiger partial charge on any atom is -0.461 e. The van der Waals surface area contributed by atoms with Crippen LogP contribution in [0.15, 0.2) is 41.3 Å². The number of likely N-dealkylation sites (N-methyl/N-ethyl adjacent to an activating group) is 1. The standard InChI is InChI=1S/C16H21FN4O/c1-11-6-13(21-9-16(11)22-10-17)7-19-8-14-12(2)20-5-4-15(14)18-3/h4-6,8-9,15,18-19H,7,10H2,1-3H3/b14-8-. The first kappa shape index (κ1) is 16.2. The quantitative estimate of drug-likeness (QED) is 0.846. The van der Waals surface area contributed by atoms with Crippen LogP contribution < -0.4 is 15.4 Å². The van der Waals surface area contributed by atoms with Crippen LogP contribution in [0.5, 0.6) is 5.75 Å². The molecule has 1 aliphatic rings. The average Bonchev–Trinajstić information content (AvgIpc) is 2.51. The minimum atomic E-state index is -0.844. The lowest BCUT2D eigenvalue weighted by molar-refractivity contribution is 0.190. The van der Waals surface area contributed by atoms with Crippen LogP contribution in [0.2, 0.25) is 0 Å². The highest BCUT2D eigenvalue weighted by Gasteiger charge is 2.14. The van der Waals surface area contributed by atoms with Gasteiger partial charge < -0.3 is 15.4 Å². The van der Waals surface area contributed by atoms with Gasteiger partial charge in [0.1, 0.15) is 5.75 Å². The number of ether oxygens (including phenoxy) is 1. The molecule has 5 nitrogen and oxygen atoms in total. The van der Waals surface area contributed by atoms with Gasteiger partial charge in [0.15, 0.2) is 0 Å². The first-order valence-electron chi connectivity index (χ1n) is 7.12. The van der Waals surface area contributed by atoms with E-state index < -0.39 is 6.86 Å². The van der Waals surface area contributed by atoms with E-state index in [2.05, 4.69) is 20.6 Å². The third-order valence-electron chi connectivity index (χ3n) is 3.48. The van der Waals surface area contributed by atoms with Gasteiger partial charge in [-0.25, -0.2) is 4.39 Å². The number of nitrogens with one attached hydrogen (secondary N) is 2. The van der Waals surface area contributed by atoms with Crippen molar-refractivity contribution < 1.29 is 9.13 Å². The Kier molecular flexibility index (Phi) is 5.66. The van der Waals surface area contributed by atoms with E-state index in [-0.39, 0.29) is 6.04 Å². The molecule has 0 saturated carbocycles. The molecular formula is C16H21FN4O. The topological polar surface area (TPSA) is 58.5 Å². The Labute approximate surface area is 130 Å². The summed E-state index contributed by atoms with van der Waals surface area (Å²) in [7, 11) is 1.91. The van der Waals surface area contributed by atoms with E-state index in [1.165, 1.54) is 0 Å². The third kappa shape index (κ3) is 3.92. The van der Waals surface area contributed by atoms with Gasteiger partial charge >= 0.3 is 0 Å². The number of nitrogens with zero attached hydrogens (tertiary/aromatic N) is 2. The van der Waals surface area contributed by atoms with E-state index in [4.69, 9.17) is 4.74 Å². The molecule has 0 aliphatic carbocycles. The Balaban J connectivity index is 2.01. The fraction of sp³-hybridized carbons (Fsp3) is 0.375.